The zero-order valence-corrected chi connectivity index (χ0v) is 19.6. The van der Waals surface area contributed by atoms with Crippen LogP contribution >= 0.6 is 11.6 Å². The van der Waals surface area contributed by atoms with E-state index >= 15 is 0 Å². The monoisotopic (exact) mass is 494 g/mol. The number of rotatable bonds is 6. The molecule has 1 aliphatic rings. The number of hydrogen-bond donors (Lipinski definition) is 1. The van der Waals surface area contributed by atoms with E-state index in [4.69, 9.17) is 21.1 Å². The number of methoxy groups -OCH3 is 1. The first-order valence-electron chi connectivity index (χ1n) is 10.5. The number of anilines is 1. The van der Waals surface area contributed by atoms with Crippen LogP contribution in [-0.4, -0.2) is 25.0 Å². The normalized spacial score (nSPS) is 14.8. The Morgan fingerprint density at radius 3 is 2.49 bits per heavy atom. The van der Waals surface area contributed by atoms with Crippen LogP contribution in [0.3, 0.4) is 0 Å². The molecule has 9 heteroatoms. The van der Waals surface area contributed by atoms with E-state index in [1.165, 1.54) is 31.4 Å². The van der Waals surface area contributed by atoms with E-state index in [0.29, 0.717) is 11.3 Å². The van der Waals surface area contributed by atoms with Crippen molar-refractivity contribution in [3.05, 3.63) is 93.8 Å². The van der Waals surface area contributed by atoms with Crippen LogP contribution in [0.4, 0.5) is 14.9 Å². The van der Waals surface area contributed by atoms with Crippen molar-refractivity contribution in [2.75, 3.05) is 12.0 Å². The topological polar surface area (TPSA) is 84.9 Å². The Balaban J connectivity index is 1.64. The number of nitrogens with one attached hydrogen (secondary N) is 1. The molecule has 0 atom stereocenters. The van der Waals surface area contributed by atoms with Gasteiger partial charge in [0.15, 0.2) is 11.5 Å². The number of carbonyl (C=O) groups is 3. The highest BCUT2D eigenvalue weighted by Crippen LogP contribution is 2.38. The Morgan fingerprint density at radius 2 is 1.80 bits per heavy atom. The quantitative estimate of drug-likeness (QED) is 0.383. The van der Waals surface area contributed by atoms with E-state index in [1.54, 1.807) is 36.4 Å². The molecule has 178 valence electrons. The number of amides is 4. The third-order valence-corrected chi connectivity index (χ3v) is 5.50. The number of carbonyl (C=O) groups excluding carboxylic acids is 3. The van der Waals surface area contributed by atoms with Crippen LogP contribution in [-0.2, 0) is 16.2 Å². The standard InChI is InChI=1S/C26H20ClFN2O5/c1-15-4-3-5-19(10-15)30-25(32)20(24(31)29-26(30)33)11-17-12-21(27)23(22(13-17)34-2)35-14-16-6-8-18(28)9-7-16/h3-13H,14H2,1-2H3,(H,29,31,33)/b20-11+. The minimum atomic E-state index is -0.831. The highest BCUT2D eigenvalue weighted by atomic mass is 35.5. The first kappa shape index (κ1) is 24.0. The Bertz CT molecular complexity index is 1350. The fourth-order valence-corrected chi connectivity index (χ4v) is 3.80. The van der Waals surface area contributed by atoms with Gasteiger partial charge in [0.05, 0.1) is 17.8 Å². The molecular weight excluding hydrogens is 475 g/mol. The van der Waals surface area contributed by atoms with Crippen molar-refractivity contribution < 1.29 is 28.2 Å². The average molecular weight is 495 g/mol. The van der Waals surface area contributed by atoms with Gasteiger partial charge >= 0.3 is 6.03 Å². The molecule has 0 bridgehead atoms. The summed E-state index contributed by atoms with van der Waals surface area (Å²) in [5.74, 6) is -1.43. The van der Waals surface area contributed by atoms with Gasteiger partial charge < -0.3 is 9.47 Å². The smallest absolute Gasteiger partial charge is 0.335 e. The van der Waals surface area contributed by atoms with Gasteiger partial charge in [-0.15, -0.1) is 0 Å². The summed E-state index contributed by atoms with van der Waals surface area (Å²) in [7, 11) is 1.42. The van der Waals surface area contributed by atoms with Crippen LogP contribution in [0.5, 0.6) is 11.5 Å². The Hall–Kier alpha value is -4.17. The van der Waals surface area contributed by atoms with Crippen molar-refractivity contribution in [1.29, 1.82) is 0 Å². The number of halogens is 2. The summed E-state index contributed by atoms with van der Waals surface area (Å²) in [6.45, 7) is 1.94. The Labute approximate surface area is 205 Å². The lowest BCUT2D eigenvalue weighted by Crippen LogP contribution is -2.54. The number of benzene rings is 3. The van der Waals surface area contributed by atoms with E-state index in [0.717, 1.165) is 16.0 Å². The lowest BCUT2D eigenvalue weighted by molar-refractivity contribution is -0.122. The van der Waals surface area contributed by atoms with Crippen LogP contribution in [0.1, 0.15) is 16.7 Å². The van der Waals surface area contributed by atoms with Crippen molar-refractivity contribution in [3.8, 4) is 11.5 Å². The molecule has 0 aliphatic carbocycles. The Kier molecular flexibility index (Phi) is 6.84. The second kappa shape index (κ2) is 9.99. The van der Waals surface area contributed by atoms with Crippen LogP contribution in [0.15, 0.2) is 66.2 Å². The molecule has 1 saturated heterocycles. The number of urea groups is 1. The highest BCUT2D eigenvalue weighted by molar-refractivity contribution is 6.39. The van der Waals surface area contributed by atoms with E-state index in [-0.39, 0.29) is 34.5 Å². The van der Waals surface area contributed by atoms with E-state index in [1.807, 2.05) is 13.0 Å². The molecule has 1 fully saturated rings. The van der Waals surface area contributed by atoms with Crippen LogP contribution in [0, 0.1) is 12.7 Å². The predicted octanol–water partition coefficient (Wildman–Crippen LogP) is 5.04. The summed E-state index contributed by atoms with van der Waals surface area (Å²) in [6.07, 6.45) is 1.32. The van der Waals surface area contributed by atoms with Gasteiger partial charge in [0.1, 0.15) is 18.0 Å². The van der Waals surface area contributed by atoms with Gasteiger partial charge in [-0.2, -0.15) is 0 Å². The molecule has 4 rings (SSSR count). The first-order valence-corrected chi connectivity index (χ1v) is 10.9. The average Bonchev–Trinajstić information content (AvgIpc) is 2.82. The second-order valence-electron chi connectivity index (χ2n) is 7.75. The summed E-state index contributed by atoms with van der Waals surface area (Å²) < 4.78 is 24.3. The maximum absolute atomic E-state index is 13.1. The summed E-state index contributed by atoms with van der Waals surface area (Å²) in [5.41, 5.74) is 2.05. The van der Waals surface area contributed by atoms with Crippen LogP contribution in [0.25, 0.3) is 6.08 Å². The summed E-state index contributed by atoms with van der Waals surface area (Å²) in [6, 6.07) is 14.8. The minimum absolute atomic E-state index is 0.116. The summed E-state index contributed by atoms with van der Waals surface area (Å²) >= 11 is 6.42. The maximum atomic E-state index is 13.1. The van der Waals surface area contributed by atoms with Gasteiger partial charge in [-0.05, 0) is 66.1 Å². The van der Waals surface area contributed by atoms with Gasteiger partial charge in [0, 0.05) is 0 Å². The van der Waals surface area contributed by atoms with Gasteiger partial charge in [-0.1, -0.05) is 35.9 Å². The Morgan fingerprint density at radius 1 is 1.06 bits per heavy atom. The van der Waals surface area contributed by atoms with E-state index < -0.39 is 17.8 Å². The number of barbiturate groups is 1. The largest absolute Gasteiger partial charge is 0.493 e. The number of nitrogens with zero attached hydrogens (tertiary/aromatic N) is 1. The number of ether oxygens (including phenoxy) is 2. The van der Waals surface area contributed by atoms with Gasteiger partial charge in [0.25, 0.3) is 11.8 Å². The van der Waals surface area contributed by atoms with Crippen molar-refractivity contribution in [1.82, 2.24) is 5.32 Å². The SMILES string of the molecule is COc1cc(/C=C2\C(=O)NC(=O)N(c3cccc(C)c3)C2=O)cc(Cl)c1OCc1ccc(F)cc1. The van der Waals surface area contributed by atoms with Crippen molar-refractivity contribution >= 4 is 41.2 Å². The van der Waals surface area contributed by atoms with Gasteiger partial charge in [0.2, 0.25) is 0 Å². The number of imide groups is 2. The molecule has 3 aromatic carbocycles. The third kappa shape index (κ3) is 5.17. The van der Waals surface area contributed by atoms with Crippen molar-refractivity contribution in [2.24, 2.45) is 0 Å². The molecule has 0 spiro atoms. The molecule has 1 N–H and O–H groups in total. The number of hydrogen-bond acceptors (Lipinski definition) is 5. The van der Waals surface area contributed by atoms with E-state index in [2.05, 4.69) is 5.32 Å². The molecule has 0 saturated carbocycles. The maximum Gasteiger partial charge on any atom is 0.335 e. The van der Waals surface area contributed by atoms with E-state index in [9.17, 15) is 18.8 Å². The molecule has 0 aromatic heterocycles. The lowest BCUT2D eigenvalue weighted by Gasteiger charge is -2.26. The molecule has 35 heavy (non-hydrogen) atoms. The molecule has 3 aromatic rings. The summed E-state index contributed by atoms with van der Waals surface area (Å²) in [4.78, 5) is 38.9. The molecule has 4 amide bonds. The zero-order valence-electron chi connectivity index (χ0n) is 18.8. The predicted molar refractivity (Wildman–Crippen MR) is 129 cm³/mol. The molecule has 0 radical (unpaired) electrons. The number of aryl methyl sites for hydroxylation is 1. The molecule has 1 aliphatic heterocycles. The van der Waals surface area contributed by atoms with Crippen LogP contribution in [0.2, 0.25) is 5.02 Å². The summed E-state index contributed by atoms with van der Waals surface area (Å²) in [5, 5.41) is 2.36. The zero-order chi connectivity index (χ0) is 25.1. The third-order valence-electron chi connectivity index (χ3n) is 5.22. The molecule has 1 heterocycles. The van der Waals surface area contributed by atoms with Gasteiger partial charge in [-0.25, -0.2) is 14.1 Å². The van der Waals surface area contributed by atoms with Crippen molar-refractivity contribution in [3.63, 3.8) is 0 Å². The molecule has 7 nitrogen and oxygen atoms in total. The lowest BCUT2D eigenvalue weighted by atomic mass is 10.1. The molecule has 0 unspecified atom stereocenters. The fourth-order valence-electron chi connectivity index (χ4n) is 3.52. The van der Waals surface area contributed by atoms with Gasteiger partial charge in [-0.3, -0.25) is 14.9 Å². The first-order chi connectivity index (χ1) is 16.8. The molecular formula is C26H20ClFN2O5. The fraction of sp³-hybridized carbons (Fsp3) is 0.115. The van der Waals surface area contributed by atoms with Crippen molar-refractivity contribution in [2.45, 2.75) is 13.5 Å². The van der Waals surface area contributed by atoms with Crippen LogP contribution < -0.4 is 19.7 Å². The minimum Gasteiger partial charge on any atom is -0.493 e. The second-order valence-corrected chi connectivity index (χ2v) is 8.15. The highest BCUT2D eigenvalue weighted by Gasteiger charge is 2.36.